The van der Waals surface area contributed by atoms with E-state index in [1.54, 1.807) is 0 Å². The van der Waals surface area contributed by atoms with Gasteiger partial charge in [-0.1, -0.05) is 0 Å². The van der Waals surface area contributed by atoms with Gasteiger partial charge in [-0.2, -0.15) is 5.10 Å². The maximum Gasteiger partial charge on any atom is 0.131 e. The van der Waals surface area contributed by atoms with Crippen molar-refractivity contribution < 1.29 is 0 Å². The quantitative estimate of drug-likeness (QED) is 0.722. The summed E-state index contributed by atoms with van der Waals surface area (Å²) in [7, 11) is 4.02. The van der Waals surface area contributed by atoms with Crippen LogP contribution in [-0.2, 0) is 12.9 Å². The van der Waals surface area contributed by atoms with Crippen LogP contribution in [0.3, 0.4) is 0 Å². The predicted octanol–water partition coefficient (Wildman–Crippen LogP) is 2.31. The maximum absolute atomic E-state index is 5.92. The molecule has 0 unspecified atom stereocenters. The fourth-order valence-corrected chi connectivity index (χ4v) is 1.84. The second-order valence-corrected chi connectivity index (χ2v) is 4.12. The molecule has 0 N–H and O–H groups in total. The number of hydrogen-bond acceptors (Lipinski definition) is 2. The zero-order chi connectivity index (χ0) is 10.9. The van der Waals surface area contributed by atoms with Crippen LogP contribution in [0.25, 0.3) is 0 Å². The Balaban J connectivity index is 3.17. The third-order valence-electron chi connectivity index (χ3n) is 2.56. The number of alkyl halides is 1. The Bertz CT molecular complexity index is 317. The number of anilines is 1. The summed E-state index contributed by atoms with van der Waals surface area (Å²) in [6.45, 7) is 6.30. The van der Waals surface area contributed by atoms with Gasteiger partial charge in [-0.15, -0.1) is 11.6 Å². The standard InChI is InChI=1S/C10H18ClN3/c1-7(2)13(4)10-9(6-11)8(3)12-14(10)5/h7H,6H2,1-5H3. The number of halogens is 1. The van der Waals surface area contributed by atoms with Crippen molar-refractivity contribution in [1.29, 1.82) is 0 Å². The highest BCUT2D eigenvalue weighted by atomic mass is 35.5. The van der Waals surface area contributed by atoms with Crippen molar-refractivity contribution in [3.8, 4) is 0 Å². The molecule has 4 heteroatoms. The lowest BCUT2D eigenvalue weighted by atomic mass is 10.2. The summed E-state index contributed by atoms with van der Waals surface area (Å²) in [5, 5.41) is 4.38. The molecule has 0 spiro atoms. The third-order valence-corrected chi connectivity index (χ3v) is 2.82. The average Bonchev–Trinajstić information content (AvgIpc) is 2.38. The van der Waals surface area contributed by atoms with E-state index in [0.717, 1.165) is 17.1 Å². The van der Waals surface area contributed by atoms with Crippen molar-refractivity contribution in [3.05, 3.63) is 11.3 Å². The number of rotatable bonds is 3. The summed E-state index contributed by atoms with van der Waals surface area (Å²) in [4.78, 5) is 2.19. The van der Waals surface area contributed by atoms with Crippen LogP contribution in [0.5, 0.6) is 0 Å². The Morgan fingerprint density at radius 2 is 2.07 bits per heavy atom. The van der Waals surface area contributed by atoms with Gasteiger partial charge in [-0.25, -0.2) is 0 Å². The van der Waals surface area contributed by atoms with E-state index in [9.17, 15) is 0 Å². The second kappa shape index (κ2) is 4.22. The molecule has 1 aromatic heterocycles. The molecule has 1 aromatic rings. The SMILES string of the molecule is Cc1nn(C)c(N(C)C(C)C)c1CCl. The summed E-state index contributed by atoms with van der Waals surface area (Å²) >= 11 is 5.92. The van der Waals surface area contributed by atoms with Crippen molar-refractivity contribution in [1.82, 2.24) is 9.78 Å². The lowest BCUT2D eigenvalue weighted by Crippen LogP contribution is -2.28. The van der Waals surface area contributed by atoms with Crippen LogP contribution in [0.2, 0.25) is 0 Å². The lowest BCUT2D eigenvalue weighted by molar-refractivity contribution is 0.680. The van der Waals surface area contributed by atoms with Crippen molar-refractivity contribution in [3.63, 3.8) is 0 Å². The summed E-state index contributed by atoms with van der Waals surface area (Å²) in [5.74, 6) is 1.64. The third kappa shape index (κ3) is 1.87. The van der Waals surface area contributed by atoms with E-state index in [2.05, 4.69) is 30.9 Å². The first-order valence-corrected chi connectivity index (χ1v) is 5.33. The van der Waals surface area contributed by atoms with Gasteiger partial charge in [-0.05, 0) is 20.8 Å². The molecule has 1 heterocycles. The smallest absolute Gasteiger partial charge is 0.131 e. The predicted molar refractivity (Wildman–Crippen MR) is 61.0 cm³/mol. The number of aryl methyl sites for hydroxylation is 2. The minimum Gasteiger partial charge on any atom is -0.357 e. The van der Waals surface area contributed by atoms with Gasteiger partial charge in [0.15, 0.2) is 0 Å². The molecular formula is C10H18ClN3. The van der Waals surface area contributed by atoms with Crippen LogP contribution in [0.1, 0.15) is 25.1 Å². The number of nitrogens with zero attached hydrogens (tertiary/aromatic N) is 3. The lowest BCUT2D eigenvalue weighted by Gasteiger charge is -2.24. The van der Waals surface area contributed by atoms with Gasteiger partial charge < -0.3 is 4.90 Å². The first-order valence-electron chi connectivity index (χ1n) is 4.80. The normalized spacial score (nSPS) is 11.1. The topological polar surface area (TPSA) is 21.1 Å². The highest BCUT2D eigenvalue weighted by Gasteiger charge is 2.17. The molecule has 0 fully saturated rings. The summed E-state index contributed by atoms with van der Waals surface area (Å²) < 4.78 is 1.90. The molecule has 0 bridgehead atoms. The minimum absolute atomic E-state index is 0.451. The Morgan fingerprint density at radius 1 is 1.50 bits per heavy atom. The van der Waals surface area contributed by atoms with Gasteiger partial charge in [0, 0.05) is 25.7 Å². The molecule has 0 atom stereocenters. The molecule has 14 heavy (non-hydrogen) atoms. The summed E-state index contributed by atoms with van der Waals surface area (Å²) in [6.07, 6.45) is 0. The Kier molecular flexibility index (Phi) is 3.43. The largest absolute Gasteiger partial charge is 0.357 e. The molecule has 0 saturated carbocycles. The Hall–Kier alpha value is -0.700. The van der Waals surface area contributed by atoms with E-state index in [-0.39, 0.29) is 0 Å². The molecule has 0 aliphatic heterocycles. The fourth-order valence-electron chi connectivity index (χ4n) is 1.53. The monoisotopic (exact) mass is 215 g/mol. The van der Waals surface area contributed by atoms with Crippen molar-refractivity contribution in [2.75, 3.05) is 11.9 Å². The van der Waals surface area contributed by atoms with Crippen molar-refractivity contribution in [2.45, 2.75) is 32.7 Å². The Morgan fingerprint density at radius 3 is 2.50 bits per heavy atom. The first-order chi connectivity index (χ1) is 6.49. The fraction of sp³-hybridized carbons (Fsp3) is 0.700. The highest BCUT2D eigenvalue weighted by Crippen LogP contribution is 2.25. The maximum atomic E-state index is 5.92. The van der Waals surface area contributed by atoms with Gasteiger partial charge in [0.2, 0.25) is 0 Å². The van der Waals surface area contributed by atoms with Crippen LogP contribution >= 0.6 is 11.6 Å². The molecule has 0 amide bonds. The van der Waals surface area contributed by atoms with E-state index in [1.807, 2.05) is 18.7 Å². The average molecular weight is 216 g/mol. The van der Waals surface area contributed by atoms with Gasteiger partial charge in [0.05, 0.1) is 11.6 Å². The van der Waals surface area contributed by atoms with Gasteiger partial charge in [0.1, 0.15) is 5.82 Å². The Labute approximate surface area is 90.7 Å². The number of aromatic nitrogens is 2. The van der Waals surface area contributed by atoms with E-state index in [1.165, 1.54) is 0 Å². The zero-order valence-corrected chi connectivity index (χ0v) is 10.3. The van der Waals surface area contributed by atoms with E-state index in [0.29, 0.717) is 11.9 Å². The molecule has 0 aliphatic carbocycles. The zero-order valence-electron chi connectivity index (χ0n) is 9.50. The van der Waals surface area contributed by atoms with Crippen molar-refractivity contribution in [2.24, 2.45) is 7.05 Å². The molecule has 3 nitrogen and oxygen atoms in total. The molecule has 1 rings (SSSR count). The van der Waals surface area contributed by atoms with E-state index < -0.39 is 0 Å². The molecule has 0 aromatic carbocycles. The summed E-state index contributed by atoms with van der Waals surface area (Å²) in [6, 6.07) is 0.451. The molecule has 0 aliphatic rings. The van der Waals surface area contributed by atoms with Gasteiger partial charge in [0.25, 0.3) is 0 Å². The van der Waals surface area contributed by atoms with Crippen LogP contribution < -0.4 is 4.90 Å². The first kappa shape index (κ1) is 11.4. The van der Waals surface area contributed by atoms with E-state index >= 15 is 0 Å². The van der Waals surface area contributed by atoms with Crippen LogP contribution in [0.4, 0.5) is 5.82 Å². The molecule has 0 radical (unpaired) electrons. The summed E-state index contributed by atoms with van der Waals surface area (Å²) in [5.41, 5.74) is 2.15. The van der Waals surface area contributed by atoms with Crippen LogP contribution in [-0.4, -0.2) is 22.9 Å². The second-order valence-electron chi connectivity index (χ2n) is 3.85. The highest BCUT2D eigenvalue weighted by molar-refractivity contribution is 6.17. The van der Waals surface area contributed by atoms with E-state index in [4.69, 9.17) is 11.6 Å². The van der Waals surface area contributed by atoms with Gasteiger partial charge >= 0.3 is 0 Å². The van der Waals surface area contributed by atoms with Crippen LogP contribution in [0, 0.1) is 6.92 Å². The molecule has 80 valence electrons. The van der Waals surface area contributed by atoms with Crippen LogP contribution in [0.15, 0.2) is 0 Å². The molecule has 0 saturated heterocycles. The number of hydrogen-bond donors (Lipinski definition) is 0. The minimum atomic E-state index is 0.451. The van der Waals surface area contributed by atoms with Crippen molar-refractivity contribution >= 4 is 17.4 Å². The molecular weight excluding hydrogens is 198 g/mol. The van der Waals surface area contributed by atoms with Gasteiger partial charge in [-0.3, -0.25) is 4.68 Å².